The molecule has 2 aromatic heterocycles. The number of hydrogen-bond donors (Lipinski definition) is 0. The van der Waals surface area contributed by atoms with Crippen LogP contribution in [0.4, 0.5) is 40.8 Å². The normalized spacial score (nSPS) is 17.0. The fraction of sp³-hybridized carbons (Fsp3) is 0.348. The number of amides is 1. The number of ketones is 1. The van der Waals surface area contributed by atoms with Crippen LogP contribution >= 0.6 is 0 Å². The number of nitrogens with zero attached hydrogens (tertiary/aromatic N) is 3. The molecule has 1 aliphatic carbocycles. The fourth-order valence-electron chi connectivity index (χ4n) is 7.98. The first-order chi connectivity index (χ1) is 28.3. The number of alkyl halides is 4. The minimum Gasteiger partial charge on any atom is -0.380 e. The Morgan fingerprint density at radius 2 is 1.23 bits per heavy atom. The molecule has 14 heteroatoms. The Kier molecular flexibility index (Phi) is 12.9. The summed E-state index contributed by atoms with van der Waals surface area (Å²) in [4.78, 5) is 35.6. The second kappa shape index (κ2) is 17.6. The lowest BCUT2D eigenvalue weighted by molar-refractivity contribution is -0.120. The number of carbonyl (C=O) groups is 2. The van der Waals surface area contributed by atoms with Gasteiger partial charge in [-0.25, -0.2) is 35.1 Å². The van der Waals surface area contributed by atoms with Gasteiger partial charge in [0.25, 0.3) is 11.8 Å². The third-order valence-corrected chi connectivity index (χ3v) is 11.1. The molecule has 60 heavy (non-hydrogen) atoms. The van der Waals surface area contributed by atoms with Crippen molar-refractivity contribution >= 4 is 17.4 Å². The molecule has 0 spiro atoms. The molecule has 2 unspecified atom stereocenters. The predicted molar refractivity (Wildman–Crippen MR) is 209 cm³/mol. The standard InChI is InChI=1S/C27H25F5N2O2.C19H18F3NO/c1-15-21(27(2,31)32)11-17(12-33-15)18-7-8-19-22(28)5-4-6-25(19)34(26(18)35)13-20-23(29)9-16(14-36-3)10-24(20)30;1-11-16(19(2,21)22)8-13(10-23-11)15-7-6-14-12(9-18(15)24)4-3-5-17(14)20/h4-6,9-12,18H,7-8,13-14H2,1-3H3;3-5,8,10,15H,6-7,9H2,1-2H3. The molecule has 0 bridgehead atoms. The van der Waals surface area contributed by atoms with Crippen molar-refractivity contribution in [3.05, 3.63) is 158 Å². The van der Waals surface area contributed by atoms with Crippen molar-refractivity contribution in [2.24, 2.45) is 0 Å². The SMILES string of the molecule is COCc1cc(F)c(CN2C(=O)C(c3cnc(C)c(C(C)(F)F)c3)CCc3c(F)cccc32)c(F)c1.Cc1ncc(C2CCc3c(F)cccc3CC2=O)cc1C(C)(F)F. The van der Waals surface area contributed by atoms with Crippen molar-refractivity contribution in [2.45, 2.75) is 96.6 Å². The van der Waals surface area contributed by atoms with E-state index < -0.39 is 53.6 Å². The van der Waals surface area contributed by atoms with E-state index in [0.717, 1.165) is 30.9 Å². The highest BCUT2D eigenvalue weighted by atomic mass is 19.3. The van der Waals surface area contributed by atoms with Gasteiger partial charge < -0.3 is 9.64 Å². The van der Waals surface area contributed by atoms with Crippen LogP contribution in [0.5, 0.6) is 0 Å². The largest absolute Gasteiger partial charge is 0.380 e. The Labute approximate surface area is 342 Å². The maximum absolute atomic E-state index is 14.9. The zero-order valence-electron chi connectivity index (χ0n) is 33.6. The average Bonchev–Trinajstić information content (AvgIpc) is 3.43. The van der Waals surface area contributed by atoms with E-state index in [2.05, 4.69) is 9.97 Å². The maximum Gasteiger partial charge on any atom is 0.272 e. The van der Waals surface area contributed by atoms with E-state index in [1.54, 1.807) is 12.1 Å². The summed E-state index contributed by atoms with van der Waals surface area (Å²) in [5.74, 6) is -11.0. The Morgan fingerprint density at radius 1 is 0.717 bits per heavy atom. The number of pyridine rings is 2. The molecule has 1 aliphatic heterocycles. The van der Waals surface area contributed by atoms with E-state index in [0.29, 0.717) is 29.5 Å². The molecule has 0 radical (unpaired) electrons. The molecule has 5 aromatic rings. The van der Waals surface area contributed by atoms with Crippen LogP contribution in [-0.4, -0.2) is 28.8 Å². The predicted octanol–water partition coefficient (Wildman–Crippen LogP) is 10.8. The van der Waals surface area contributed by atoms with Crippen LogP contribution in [0, 0.1) is 37.1 Å². The summed E-state index contributed by atoms with van der Waals surface area (Å²) in [6.07, 6.45) is 3.98. The van der Waals surface area contributed by atoms with Crippen LogP contribution in [0.1, 0.15) is 100.0 Å². The van der Waals surface area contributed by atoms with Crippen molar-refractivity contribution in [2.75, 3.05) is 12.0 Å². The van der Waals surface area contributed by atoms with Gasteiger partial charge in [-0.15, -0.1) is 0 Å². The summed E-state index contributed by atoms with van der Waals surface area (Å²) in [6.45, 7) is 4.02. The van der Waals surface area contributed by atoms with Gasteiger partial charge in [0.1, 0.15) is 29.1 Å². The molecule has 0 N–H and O–H groups in total. The number of ether oxygens (including phenoxy) is 1. The van der Waals surface area contributed by atoms with Gasteiger partial charge in [0.05, 0.1) is 24.8 Å². The van der Waals surface area contributed by atoms with Gasteiger partial charge in [-0.05, 0) is 110 Å². The van der Waals surface area contributed by atoms with Crippen molar-refractivity contribution in [3.8, 4) is 0 Å². The van der Waals surface area contributed by atoms with E-state index in [1.165, 1.54) is 69.7 Å². The zero-order chi connectivity index (χ0) is 43.7. The van der Waals surface area contributed by atoms with Gasteiger partial charge in [-0.1, -0.05) is 18.2 Å². The van der Waals surface area contributed by atoms with Gasteiger partial charge in [0, 0.05) is 79.3 Å². The summed E-state index contributed by atoms with van der Waals surface area (Å²) in [5.41, 5.74) is 2.14. The number of aryl methyl sites for hydroxylation is 2. The van der Waals surface area contributed by atoms with Gasteiger partial charge in [-0.2, -0.15) is 0 Å². The summed E-state index contributed by atoms with van der Waals surface area (Å²) in [6, 6.07) is 13.7. The van der Waals surface area contributed by atoms with Crippen molar-refractivity contribution in [1.82, 2.24) is 9.97 Å². The molecule has 3 heterocycles. The van der Waals surface area contributed by atoms with Crippen LogP contribution in [0.25, 0.3) is 0 Å². The third kappa shape index (κ3) is 9.43. The molecule has 0 fully saturated rings. The molecule has 6 nitrogen and oxygen atoms in total. The fourth-order valence-corrected chi connectivity index (χ4v) is 7.98. The van der Waals surface area contributed by atoms with Gasteiger partial charge in [0.15, 0.2) is 0 Å². The summed E-state index contributed by atoms with van der Waals surface area (Å²) < 4.78 is 119. The number of hydrogen-bond acceptors (Lipinski definition) is 5. The number of methoxy groups -OCH3 is 1. The highest BCUT2D eigenvalue weighted by Crippen LogP contribution is 2.39. The first kappa shape index (κ1) is 44.1. The minimum atomic E-state index is -3.19. The molecule has 3 aromatic carbocycles. The highest BCUT2D eigenvalue weighted by molar-refractivity contribution is 5.99. The third-order valence-electron chi connectivity index (χ3n) is 11.1. The number of halogens is 8. The van der Waals surface area contributed by atoms with Crippen LogP contribution in [0.3, 0.4) is 0 Å². The number of fused-ring (bicyclic) bond motifs is 2. The Bertz CT molecular complexity index is 2400. The Morgan fingerprint density at radius 3 is 1.80 bits per heavy atom. The van der Waals surface area contributed by atoms with E-state index in [9.17, 15) is 44.7 Å². The quantitative estimate of drug-likeness (QED) is 0.115. The smallest absolute Gasteiger partial charge is 0.272 e. The highest BCUT2D eigenvalue weighted by Gasteiger charge is 2.36. The summed E-state index contributed by atoms with van der Waals surface area (Å²) in [5, 5.41) is 0. The molecular weight excluding hydrogens is 795 g/mol. The number of benzene rings is 3. The van der Waals surface area contributed by atoms with Crippen LogP contribution in [-0.2, 0) is 58.6 Å². The van der Waals surface area contributed by atoms with Crippen molar-refractivity contribution < 1.29 is 49.4 Å². The second-order valence-corrected chi connectivity index (χ2v) is 15.4. The molecule has 2 atom stereocenters. The number of Topliss-reactive ketones (excluding diaryl/α,β-unsaturated/α-hetero) is 1. The lowest BCUT2D eigenvalue weighted by Crippen LogP contribution is -2.35. The van der Waals surface area contributed by atoms with Gasteiger partial charge in [-0.3, -0.25) is 19.6 Å². The molecule has 2 aliphatic rings. The monoisotopic (exact) mass is 837 g/mol. The van der Waals surface area contributed by atoms with Crippen molar-refractivity contribution in [3.63, 3.8) is 0 Å². The lowest BCUT2D eigenvalue weighted by atomic mass is 9.89. The van der Waals surface area contributed by atoms with E-state index in [-0.39, 0.29) is 87.9 Å². The first-order valence-corrected chi connectivity index (χ1v) is 19.3. The topological polar surface area (TPSA) is 72.4 Å². The zero-order valence-corrected chi connectivity index (χ0v) is 33.6. The van der Waals surface area contributed by atoms with Crippen LogP contribution in [0.15, 0.2) is 73.1 Å². The van der Waals surface area contributed by atoms with Crippen LogP contribution in [0.2, 0.25) is 0 Å². The van der Waals surface area contributed by atoms with Gasteiger partial charge >= 0.3 is 0 Å². The average molecular weight is 838 g/mol. The molecule has 7 rings (SSSR count). The number of anilines is 1. The first-order valence-electron chi connectivity index (χ1n) is 19.3. The van der Waals surface area contributed by atoms with Crippen molar-refractivity contribution in [1.29, 1.82) is 0 Å². The number of rotatable bonds is 8. The lowest BCUT2D eigenvalue weighted by Gasteiger charge is -2.27. The number of aromatic nitrogens is 2. The van der Waals surface area contributed by atoms with E-state index in [4.69, 9.17) is 4.74 Å². The molecule has 1 amide bonds. The Hall–Kier alpha value is -5.50. The van der Waals surface area contributed by atoms with Gasteiger partial charge in [0.2, 0.25) is 5.91 Å². The molecule has 0 saturated heterocycles. The maximum atomic E-state index is 14.9. The molecular formula is C46H43F8N3O3. The Balaban J connectivity index is 0.000000218. The number of carbonyl (C=O) groups excluding carboxylic acids is 2. The molecule has 316 valence electrons. The van der Waals surface area contributed by atoms with E-state index >= 15 is 0 Å². The van der Waals surface area contributed by atoms with Crippen LogP contribution < -0.4 is 4.90 Å². The minimum absolute atomic E-state index is 0.00228. The molecule has 0 saturated carbocycles. The second-order valence-electron chi connectivity index (χ2n) is 15.4. The van der Waals surface area contributed by atoms with E-state index in [1.807, 2.05) is 0 Å². The summed E-state index contributed by atoms with van der Waals surface area (Å²) >= 11 is 0. The summed E-state index contributed by atoms with van der Waals surface area (Å²) in [7, 11) is 1.39.